The molecule has 0 aromatic carbocycles. The summed E-state index contributed by atoms with van der Waals surface area (Å²) in [5.74, 6) is 0.971. The van der Waals surface area contributed by atoms with Gasteiger partial charge in [-0.05, 0) is 39.5 Å². The molecule has 0 saturated carbocycles. The highest BCUT2D eigenvalue weighted by atomic mass is 16.5. The molecule has 4 heteroatoms. The molecule has 0 radical (unpaired) electrons. The Morgan fingerprint density at radius 2 is 2.05 bits per heavy atom. The summed E-state index contributed by atoms with van der Waals surface area (Å²) in [7, 11) is 3.93. The van der Waals surface area contributed by atoms with Crippen molar-refractivity contribution >= 4 is 5.96 Å². The zero-order valence-electron chi connectivity index (χ0n) is 13.8. The topological polar surface area (TPSA) is 36.9 Å². The summed E-state index contributed by atoms with van der Waals surface area (Å²) >= 11 is 0. The second kappa shape index (κ2) is 13.0. The molecule has 0 aromatic heterocycles. The fourth-order valence-corrected chi connectivity index (χ4v) is 1.90. The molecule has 0 heterocycles. The van der Waals surface area contributed by atoms with Gasteiger partial charge in [-0.1, -0.05) is 12.5 Å². The Kier molecular flexibility index (Phi) is 12.3. The van der Waals surface area contributed by atoms with E-state index < -0.39 is 0 Å². The normalized spacial score (nSPS) is 11.8. The molecule has 0 aromatic rings. The minimum Gasteiger partial charge on any atom is -0.379 e. The van der Waals surface area contributed by atoms with Crippen LogP contribution >= 0.6 is 0 Å². The van der Waals surface area contributed by atoms with Crippen LogP contribution < -0.4 is 5.32 Å². The molecule has 0 spiro atoms. The van der Waals surface area contributed by atoms with Gasteiger partial charge in [0.1, 0.15) is 0 Å². The number of hydrogen-bond donors (Lipinski definition) is 1. The summed E-state index contributed by atoms with van der Waals surface area (Å²) in [5, 5.41) is 3.37. The fraction of sp³-hybridized carbons (Fsp3) is 0.812. The van der Waals surface area contributed by atoms with E-state index in [0.29, 0.717) is 6.10 Å². The summed E-state index contributed by atoms with van der Waals surface area (Å²) in [6.07, 6.45) is 8.10. The maximum atomic E-state index is 5.52. The van der Waals surface area contributed by atoms with Crippen molar-refractivity contribution in [2.45, 2.75) is 52.1 Å². The summed E-state index contributed by atoms with van der Waals surface area (Å²) < 4.78 is 5.52. The maximum Gasteiger partial charge on any atom is 0.193 e. The number of allylic oxidation sites excluding steroid dienone is 1. The van der Waals surface area contributed by atoms with Crippen LogP contribution in [-0.2, 0) is 4.74 Å². The third-order valence-corrected chi connectivity index (χ3v) is 3.03. The van der Waals surface area contributed by atoms with Gasteiger partial charge in [0.15, 0.2) is 5.96 Å². The van der Waals surface area contributed by atoms with Gasteiger partial charge in [-0.15, -0.1) is 6.58 Å². The lowest BCUT2D eigenvalue weighted by atomic mass is 10.2. The Hall–Kier alpha value is -1.03. The molecule has 0 saturated heterocycles. The lowest BCUT2D eigenvalue weighted by Crippen LogP contribution is -2.40. The van der Waals surface area contributed by atoms with E-state index in [0.717, 1.165) is 38.5 Å². The molecular weight excluding hydrogens is 250 g/mol. The monoisotopic (exact) mass is 283 g/mol. The zero-order chi connectivity index (χ0) is 15.2. The van der Waals surface area contributed by atoms with E-state index in [2.05, 4.69) is 42.7 Å². The van der Waals surface area contributed by atoms with Crippen molar-refractivity contribution in [1.29, 1.82) is 0 Å². The van der Waals surface area contributed by atoms with Crippen molar-refractivity contribution in [2.24, 2.45) is 4.99 Å². The van der Waals surface area contributed by atoms with E-state index in [1.807, 2.05) is 13.1 Å². The first-order valence-electron chi connectivity index (χ1n) is 7.76. The van der Waals surface area contributed by atoms with Crippen molar-refractivity contribution in [3.05, 3.63) is 12.7 Å². The molecule has 0 aliphatic carbocycles. The number of aliphatic imine (C=N–C) groups is 1. The molecule has 4 nitrogen and oxygen atoms in total. The number of hydrogen-bond acceptors (Lipinski definition) is 2. The van der Waals surface area contributed by atoms with Crippen LogP contribution in [0.4, 0.5) is 0 Å². The van der Waals surface area contributed by atoms with Crippen LogP contribution in [0, 0.1) is 0 Å². The largest absolute Gasteiger partial charge is 0.379 e. The Labute approximate surface area is 125 Å². The van der Waals surface area contributed by atoms with Crippen LogP contribution in [0.5, 0.6) is 0 Å². The zero-order valence-corrected chi connectivity index (χ0v) is 13.8. The Morgan fingerprint density at radius 1 is 1.30 bits per heavy atom. The number of rotatable bonds is 11. The second-order valence-corrected chi connectivity index (χ2v) is 5.31. The van der Waals surface area contributed by atoms with Gasteiger partial charge in [0.05, 0.1) is 6.10 Å². The van der Waals surface area contributed by atoms with Gasteiger partial charge >= 0.3 is 0 Å². The highest BCUT2D eigenvalue weighted by Crippen LogP contribution is 2.01. The van der Waals surface area contributed by atoms with Crippen LogP contribution in [0.25, 0.3) is 0 Å². The van der Waals surface area contributed by atoms with Gasteiger partial charge in [-0.2, -0.15) is 0 Å². The van der Waals surface area contributed by atoms with Crippen molar-refractivity contribution in [3.8, 4) is 0 Å². The van der Waals surface area contributed by atoms with E-state index in [1.54, 1.807) is 0 Å². The molecule has 0 aliphatic rings. The second-order valence-electron chi connectivity index (χ2n) is 5.31. The lowest BCUT2D eigenvalue weighted by molar-refractivity contribution is 0.0776. The highest BCUT2D eigenvalue weighted by molar-refractivity contribution is 5.79. The SMILES string of the molecule is C=CCCCCCN(C)C(=NC)NCCCOC(C)C. The van der Waals surface area contributed by atoms with Gasteiger partial charge < -0.3 is 15.0 Å². The first-order valence-corrected chi connectivity index (χ1v) is 7.76. The quantitative estimate of drug-likeness (QED) is 0.274. The van der Waals surface area contributed by atoms with Crippen LogP contribution in [0.3, 0.4) is 0 Å². The molecule has 0 fully saturated rings. The fourth-order valence-electron chi connectivity index (χ4n) is 1.90. The minimum absolute atomic E-state index is 0.313. The van der Waals surface area contributed by atoms with Crippen LogP contribution in [0.15, 0.2) is 17.6 Å². The van der Waals surface area contributed by atoms with Crippen LogP contribution in [-0.4, -0.2) is 50.8 Å². The standard InChI is InChI=1S/C16H33N3O/c1-6-7-8-9-10-13-19(5)16(17-4)18-12-11-14-20-15(2)3/h6,15H,1,7-14H2,2-5H3,(H,17,18). The van der Waals surface area contributed by atoms with E-state index in [4.69, 9.17) is 4.74 Å². The van der Waals surface area contributed by atoms with Gasteiger partial charge in [-0.3, -0.25) is 4.99 Å². The third kappa shape index (κ3) is 10.9. The molecule has 0 rings (SSSR count). The predicted octanol–water partition coefficient (Wildman–Crippen LogP) is 3.06. The summed E-state index contributed by atoms with van der Waals surface area (Å²) in [6, 6.07) is 0. The van der Waals surface area contributed by atoms with Crippen molar-refractivity contribution in [1.82, 2.24) is 10.2 Å². The summed E-state index contributed by atoms with van der Waals surface area (Å²) in [6.45, 7) is 10.6. The highest BCUT2D eigenvalue weighted by Gasteiger charge is 2.04. The van der Waals surface area contributed by atoms with E-state index >= 15 is 0 Å². The molecule has 1 N–H and O–H groups in total. The van der Waals surface area contributed by atoms with Crippen LogP contribution in [0.2, 0.25) is 0 Å². The van der Waals surface area contributed by atoms with Gasteiger partial charge in [0.25, 0.3) is 0 Å². The van der Waals surface area contributed by atoms with Crippen molar-refractivity contribution in [2.75, 3.05) is 33.8 Å². The van der Waals surface area contributed by atoms with Crippen molar-refractivity contribution < 1.29 is 4.74 Å². The third-order valence-electron chi connectivity index (χ3n) is 3.03. The number of unbranched alkanes of at least 4 members (excludes halogenated alkanes) is 3. The molecule has 0 bridgehead atoms. The molecular formula is C16H33N3O. The number of nitrogens with zero attached hydrogens (tertiary/aromatic N) is 2. The molecule has 0 amide bonds. The molecule has 0 atom stereocenters. The first kappa shape index (κ1) is 19.0. The van der Waals surface area contributed by atoms with E-state index in [9.17, 15) is 0 Å². The van der Waals surface area contributed by atoms with Gasteiger partial charge in [-0.25, -0.2) is 0 Å². The average Bonchev–Trinajstić information content (AvgIpc) is 2.42. The van der Waals surface area contributed by atoms with E-state index in [-0.39, 0.29) is 0 Å². The van der Waals surface area contributed by atoms with Crippen molar-refractivity contribution in [3.63, 3.8) is 0 Å². The molecule has 20 heavy (non-hydrogen) atoms. The van der Waals surface area contributed by atoms with E-state index in [1.165, 1.54) is 19.3 Å². The Bertz CT molecular complexity index is 264. The lowest BCUT2D eigenvalue weighted by Gasteiger charge is -2.22. The number of nitrogens with one attached hydrogen (secondary N) is 1. The predicted molar refractivity (Wildman–Crippen MR) is 88.4 cm³/mol. The number of guanidine groups is 1. The smallest absolute Gasteiger partial charge is 0.193 e. The molecule has 118 valence electrons. The first-order chi connectivity index (χ1) is 9.61. The van der Waals surface area contributed by atoms with Gasteiger partial charge in [0.2, 0.25) is 0 Å². The molecule has 0 unspecified atom stereocenters. The minimum atomic E-state index is 0.313. The Balaban J connectivity index is 3.69. The van der Waals surface area contributed by atoms with Gasteiger partial charge in [0, 0.05) is 33.8 Å². The number of ether oxygens (including phenoxy) is 1. The average molecular weight is 283 g/mol. The summed E-state index contributed by atoms with van der Waals surface area (Å²) in [5.41, 5.74) is 0. The Morgan fingerprint density at radius 3 is 2.65 bits per heavy atom. The molecule has 0 aliphatic heterocycles. The summed E-state index contributed by atoms with van der Waals surface area (Å²) in [4.78, 5) is 6.50. The maximum absolute atomic E-state index is 5.52. The van der Waals surface area contributed by atoms with Crippen LogP contribution in [0.1, 0.15) is 46.0 Å².